The molecule has 7 heavy (non-hydrogen) atoms. The SMILES string of the molecule is CCN=C(C)NN. The predicted molar refractivity (Wildman–Crippen MR) is 31.0 cm³/mol. The fourth-order valence-corrected chi connectivity index (χ4v) is 0.283. The summed E-state index contributed by atoms with van der Waals surface area (Å²) in [4.78, 5) is 3.92. The Kier molecular flexibility index (Phi) is 3.32. The minimum Gasteiger partial charge on any atom is -0.313 e. The highest BCUT2D eigenvalue weighted by Crippen LogP contribution is 1.66. The van der Waals surface area contributed by atoms with Crippen molar-refractivity contribution in [3.8, 4) is 0 Å². The Labute approximate surface area is 43.6 Å². The first kappa shape index (κ1) is 6.43. The summed E-state index contributed by atoms with van der Waals surface area (Å²) in [5.74, 6) is 5.76. The monoisotopic (exact) mass is 101 g/mol. The van der Waals surface area contributed by atoms with Crippen LogP contribution in [0, 0.1) is 0 Å². The first-order valence-electron chi connectivity index (χ1n) is 2.29. The molecule has 0 aliphatic heterocycles. The fraction of sp³-hybridized carbons (Fsp3) is 0.750. The Hall–Kier alpha value is -0.570. The van der Waals surface area contributed by atoms with Gasteiger partial charge in [-0.05, 0) is 13.8 Å². The number of nitrogens with two attached hydrogens (primary N) is 1. The smallest absolute Gasteiger partial charge is 0.107 e. The molecule has 3 nitrogen and oxygen atoms in total. The predicted octanol–water partition coefficient (Wildman–Crippen LogP) is -0.112. The molecule has 0 saturated carbocycles. The number of nitrogens with zero attached hydrogens (tertiary/aromatic N) is 1. The molecule has 3 N–H and O–H groups in total. The number of hydrogen-bond donors (Lipinski definition) is 2. The Bertz CT molecular complexity index is 67.3. The van der Waals surface area contributed by atoms with E-state index in [1.807, 2.05) is 13.8 Å². The average Bonchev–Trinajstić information content (AvgIpc) is 1.68. The Balaban J connectivity index is 3.29. The summed E-state index contributed by atoms with van der Waals surface area (Å²) in [6.07, 6.45) is 0. The van der Waals surface area contributed by atoms with Gasteiger partial charge in [0.05, 0.1) is 0 Å². The average molecular weight is 101 g/mol. The van der Waals surface area contributed by atoms with Gasteiger partial charge in [-0.1, -0.05) is 0 Å². The second kappa shape index (κ2) is 3.61. The summed E-state index contributed by atoms with van der Waals surface area (Å²) in [5, 5.41) is 0. The molecular weight excluding hydrogens is 90.1 g/mol. The van der Waals surface area contributed by atoms with E-state index in [2.05, 4.69) is 10.4 Å². The first-order valence-corrected chi connectivity index (χ1v) is 2.29. The number of amidine groups is 1. The maximum atomic E-state index is 4.98. The second-order valence-corrected chi connectivity index (χ2v) is 1.20. The van der Waals surface area contributed by atoms with Gasteiger partial charge in [-0.3, -0.25) is 4.99 Å². The number of nitrogens with one attached hydrogen (secondary N) is 1. The standard InChI is InChI=1S/C4H11N3/c1-3-6-4(2)7-5/h3,5H2,1-2H3,(H,6,7). The van der Waals surface area contributed by atoms with Crippen molar-refractivity contribution in [3.05, 3.63) is 0 Å². The summed E-state index contributed by atoms with van der Waals surface area (Å²) in [6.45, 7) is 4.57. The van der Waals surface area contributed by atoms with Gasteiger partial charge in [0, 0.05) is 6.54 Å². The van der Waals surface area contributed by atoms with Gasteiger partial charge < -0.3 is 5.43 Å². The van der Waals surface area contributed by atoms with Crippen LogP contribution in [0.15, 0.2) is 4.99 Å². The summed E-state index contributed by atoms with van der Waals surface area (Å²) < 4.78 is 0. The van der Waals surface area contributed by atoms with E-state index in [0.717, 1.165) is 12.4 Å². The highest BCUT2D eigenvalue weighted by molar-refractivity contribution is 5.78. The molecule has 0 amide bonds. The summed E-state index contributed by atoms with van der Waals surface area (Å²) in [6, 6.07) is 0. The van der Waals surface area contributed by atoms with Crippen molar-refractivity contribution in [2.75, 3.05) is 6.54 Å². The molecule has 0 saturated heterocycles. The van der Waals surface area contributed by atoms with Gasteiger partial charge in [-0.25, -0.2) is 5.84 Å². The zero-order valence-electron chi connectivity index (χ0n) is 4.73. The van der Waals surface area contributed by atoms with Crippen LogP contribution in [0.3, 0.4) is 0 Å². The molecule has 0 fully saturated rings. The van der Waals surface area contributed by atoms with E-state index in [0.29, 0.717) is 0 Å². The van der Waals surface area contributed by atoms with E-state index >= 15 is 0 Å². The molecule has 0 spiro atoms. The maximum Gasteiger partial charge on any atom is 0.107 e. The molecule has 0 radical (unpaired) electrons. The van der Waals surface area contributed by atoms with Crippen molar-refractivity contribution in [1.29, 1.82) is 0 Å². The number of hydrazine groups is 1. The molecule has 0 aliphatic rings. The van der Waals surface area contributed by atoms with E-state index in [4.69, 9.17) is 5.84 Å². The van der Waals surface area contributed by atoms with Crippen LogP contribution >= 0.6 is 0 Å². The zero-order chi connectivity index (χ0) is 5.70. The van der Waals surface area contributed by atoms with Crippen LogP contribution < -0.4 is 11.3 Å². The third-order valence-electron chi connectivity index (χ3n) is 0.604. The zero-order valence-corrected chi connectivity index (χ0v) is 4.73. The van der Waals surface area contributed by atoms with Gasteiger partial charge in [0.15, 0.2) is 0 Å². The minimum absolute atomic E-state index is 0.780. The third kappa shape index (κ3) is 3.26. The van der Waals surface area contributed by atoms with Crippen LogP contribution in [0.1, 0.15) is 13.8 Å². The lowest BCUT2D eigenvalue weighted by atomic mass is 10.7. The first-order chi connectivity index (χ1) is 3.31. The number of rotatable bonds is 1. The summed E-state index contributed by atoms with van der Waals surface area (Å²) in [7, 11) is 0. The maximum absolute atomic E-state index is 4.98. The van der Waals surface area contributed by atoms with E-state index in [-0.39, 0.29) is 0 Å². The van der Waals surface area contributed by atoms with E-state index in [9.17, 15) is 0 Å². The largest absolute Gasteiger partial charge is 0.313 e. The van der Waals surface area contributed by atoms with Crippen molar-refractivity contribution in [1.82, 2.24) is 5.43 Å². The minimum atomic E-state index is 0.780. The summed E-state index contributed by atoms with van der Waals surface area (Å²) >= 11 is 0. The summed E-state index contributed by atoms with van der Waals surface area (Å²) in [5.41, 5.74) is 2.42. The van der Waals surface area contributed by atoms with Gasteiger partial charge in [-0.15, -0.1) is 0 Å². The van der Waals surface area contributed by atoms with Gasteiger partial charge in [0.1, 0.15) is 5.84 Å². The van der Waals surface area contributed by atoms with Gasteiger partial charge >= 0.3 is 0 Å². The fourth-order valence-electron chi connectivity index (χ4n) is 0.283. The van der Waals surface area contributed by atoms with Crippen LogP contribution in [0.5, 0.6) is 0 Å². The lowest BCUT2D eigenvalue weighted by Crippen LogP contribution is -2.27. The third-order valence-corrected chi connectivity index (χ3v) is 0.604. The van der Waals surface area contributed by atoms with Crippen molar-refractivity contribution in [2.45, 2.75) is 13.8 Å². The van der Waals surface area contributed by atoms with Gasteiger partial charge in [0.25, 0.3) is 0 Å². The van der Waals surface area contributed by atoms with Gasteiger partial charge in [0.2, 0.25) is 0 Å². The van der Waals surface area contributed by atoms with Crippen LogP contribution in [0.4, 0.5) is 0 Å². The lowest BCUT2D eigenvalue weighted by Gasteiger charge is -1.92. The van der Waals surface area contributed by atoms with Crippen molar-refractivity contribution < 1.29 is 0 Å². The van der Waals surface area contributed by atoms with E-state index in [1.165, 1.54) is 0 Å². The van der Waals surface area contributed by atoms with Crippen LogP contribution in [0.25, 0.3) is 0 Å². The highest BCUT2D eigenvalue weighted by Gasteiger charge is 1.75. The molecule has 0 aliphatic carbocycles. The molecule has 0 aromatic heterocycles. The topological polar surface area (TPSA) is 50.4 Å². The molecule has 0 rings (SSSR count). The van der Waals surface area contributed by atoms with Crippen molar-refractivity contribution in [2.24, 2.45) is 10.8 Å². The van der Waals surface area contributed by atoms with Gasteiger partial charge in [-0.2, -0.15) is 0 Å². The molecule has 0 unspecified atom stereocenters. The molecule has 0 atom stereocenters. The number of aliphatic imine (C=N–C) groups is 1. The molecule has 0 bridgehead atoms. The van der Waals surface area contributed by atoms with Crippen LogP contribution in [0.2, 0.25) is 0 Å². The normalized spacial score (nSPS) is 11.6. The Morgan fingerprint density at radius 1 is 1.86 bits per heavy atom. The van der Waals surface area contributed by atoms with E-state index < -0.39 is 0 Å². The van der Waals surface area contributed by atoms with Crippen LogP contribution in [-0.4, -0.2) is 12.4 Å². The Morgan fingerprint density at radius 2 is 2.43 bits per heavy atom. The molecule has 0 heterocycles. The van der Waals surface area contributed by atoms with Crippen molar-refractivity contribution in [3.63, 3.8) is 0 Å². The molecule has 0 aromatic rings. The lowest BCUT2D eigenvalue weighted by molar-refractivity contribution is 0.984. The van der Waals surface area contributed by atoms with Crippen LogP contribution in [-0.2, 0) is 0 Å². The number of hydrogen-bond acceptors (Lipinski definition) is 2. The quantitative estimate of drug-likeness (QED) is 0.209. The Morgan fingerprint density at radius 3 is 2.57 bits per heavy atom. The molecule has 3 heteroatoms. The van der Waals surface area contributed by atoms with Crippen molar-refractivity contribution >= 4 is 5.84 Å². The second-order valence-electron chi connectivity index (χ2n) is 1.20. The molecule has 0 aromatic carbocycles. The van der Waals surface area contributed by atoms with E-state index in [1.54, 1.807) is 0 Å². The molecular formula is C4H11N3. The highest BCUT2D eigenvalue weighted by atomic mass is 15.2. The molecule has 42 valence electrons.